The molecule has 0 unspecified atom stereocenters. The average Bonchev–Trinajstić information content (AvgIpc) is 3.27. The minimum Gasteiger partial charge on any atom is -0.343 e. The zero-order valence-corrected chi connectivity index (χ0v) is 23.4. The first-order chi connectivity index (χ1) is 17.3. The van der Waals surface area contributed by atoms with Gasteiger partial charge in [-0.05, 0) is 43.5 Å². The van der Waals surface area contributed by atoms with Crippen LogP contribution in [0, 0.1) is 12.8 Å². The summed E-state index contributed by atoms with van der Waals surface area (Å²) >= 11 is 8.23. The molecule has 2 aromatic carbocycles. The molecule has 0 saturated carbocycles. The second-order valence-electron chi connectivity index (χ2n) is 10.2. The Bertz CT molecular complexity index is 1160. The van der Waals surface area contributed by atoms with Crippen LogP contribution in [0.5, 0.6) is 0 Å². The minimum atomic E-state index is 0.227. The number of aryl methyl sites for hydroxylation is 1. The smallest absolute Gasteiger partial charge is 0.224 e. The molecule has 0 spiro atoms. The molecule has 4 rings (SSSR count). The van der Waals surface area contributed by atoms with E-state index in [1.54, 1.807) is 11.3 Å². The number of amides is 1. The van der Waals surface area contributed by atoms with E-state index in [2.05, 4.69) is 67.1 Å². The van der Waals surface area contributed by atoms with Gasteiger partial charge in [0.25, 0.3) is 0 Å². The van der Waals surface area contributed by atoms with E-state index in [0.29, 0.717) is 18.9 Å². The molecule has 7 heteroatoms. The van der Waals surface area contributed by atoms with E-state index < -0.39 is 0 Å². The standard InChI is InChI=1S/C29H37ClN4OS/c1-21(2)18-26-28(24-11-10-22(3)25(30)19-24)31-29(36-26)34(20-23-8-6-5-7-9-23)13-12-27(35)33-16-14-32(4)15-17-33/h5-11,19,21H,12-18,20H2,1-4H3. The van der Waals surface area contributed by atoms with Crippen LogP contribution in [0.1, 0.15) is 36.3 Å². The third kappa shape index (κ3) is 6.87. The van der Waals surface area contributed by atoms with Crippen LogP contribution in [0.2, 0.25) is 5.02 Å². The maximum Gasteiger partial charge on any atom is 0.224 e. The Labute approximate surface area is 224 Å². The van der Waals surface area contributed by atoms with E-state index >= 15 is 0 Å². The molecule has 2 heterocycles. The van der Waals surface area contributed by atoms with Crippen molar-refractivity contribution >= 4 is 34.0 Å². The van der Waals surface area contributed by atoms with Crippen LogP contribution in [0.15, 0.2) is 48.5 Å². The number of nitrogens with zero attached hydrogens (tertiary/aromatic N) is 4. The monoisotopic (exact) mass is 524 g/mol. The van der Waals surface area contributed by atoms with Gasteiger partial charge in [0, 0.05) is 61.2 Å². The molecule has 1 fully saturated rings. The molecule has 5 nitrogen and oxygen atoms in total. The third-order valence-electron chi connectivity index (χ3n) is 6.66. The fraction of sp³-hybridized carbons (Fsp3) is 0.448. The fourth-order valence-electron chi connectivity index (χ4n) is 4.44. The van der Waals surface area contributed by atoms with E-state index in [9.17, 15) is 4.79 Å². The highest BCUT2D eigenvalue weighted by molar-refractivity contribution is 7.16. The highest BCUT2D eigenvalue weighted by atomic mass is 35.5. The number of hydrogen-bond acceptors (Lipinski definition) is 5. The molecular weight excluding hydrogens is 488 g/mol. The molecule has 1 saturated heterocycles. The van der Waals surface area contributed by atoms with Crippen LogP contribution in [-0.4, -0.2) is 60.5 Å². The molecule has 1 aliphatic heterocycles. The fourth-order valence-corrected chi connectivity index (χ4v) is 5.94. The van der Waals surface area contributed by atoms with Crippen molar-refractivity contribution in [2.75, 3.05) is 44.7 Å². The molecule has 0 radical (unpaired) electrons. The Kier molecular flexibility index (Phi) is 9.04. The van der Waals surface area contributed by atoms with Crippen molar-refractivity contribution in [2.45, 2.75) is 40.2 Å². The number of carbonyl (C=O) groups is 1. The van der Waals surface area contributed by atoms with Crippen molar-refractivity contribution in [1.29, 1.82) is 0 Å². The number of hydrogen-bond donors (Lipinski definition) is 0. The maximum atomic E-state index is 13.1. The summed E-state index contributed by atoms with van der Waals surface area (Å²) in [5.41, 5.74) is 4.34. The molecule has 0 atom stereocenters. The quantitative estimate of drug-likeness (QED) is 0.337. The number of carbonyl (C=O) groups excluding carboxylic acids is 1. The number of halogens is 1. The first kappa shape index (κ1) is 26.6. The van der Waals surface area contributed by atoms with Crippen molar-refractivity contribution in [3.63, 3.8) is 0 Å². The van der Waals surface area contributed by atoms with E-state index in [0.717, 1.165) is 66.1 Å². The largest absolute Gasteiger partial charge is 0.343 e. The van der Waals surface area contributed by atoms with Crippen LogP contribution in [0.3, 0.4) is 0 Å². The number of anilines is 1. The number of aromatic nitrogens is 1. The Morgan fingerprint density at radius 3 is 2.50 bits per heavy atom. The van der Waals surface area contributed by atoms with Crippen molar-refractivity contribution in [1.82, 2.24) is 14.8 Å². The van der Waals surface area contributed by atoms with Crippen LogP contribution in [-0.2, 0) is 17.8 Å². The highest BCUT2D eigenvalue weighted by Crippen LogP contribution is 2.37. The molecule has 0 bridgehead atoms. The number of likely N-dealkylation sites (N-methyl/N-ethyl adjacent to an activating group) is 1. The Morgan fingerprint density at radius 1 is 1.11 bits per heavy atom. The lowest BCUT2D eigenvalue weighted by molar-refractivity contribution is -0.132. The van der Waals surface area contributed by atoms with Crippen molar-refractivity contribution in [3.05, 3.63) is 69.6 Å². The van der Waals surface area contributed by atoms with Gasteiger partial charge in [-0.3, -0.25) is 4.79 Å². The van der Waals surface area contributed by atoms with E-state index in [1.165, 1.54) is 10.4 Å². The number of thiazole rings is 1. The molecular formula is C29H37ClN4OS. The molecule has 192 valence electrons. The van der Waals surface area contributed by atoms with Crippen LogP contribution >= 0.6 is 22.9 Å². The van der Waals surface area contributed by atoms with Crippen molar-refractivity contribution in [3.8, 4) is 11.3 Å². The van der Waals surface area contributed by atoms with Gasteiger partial charge in [-0.2, -0.15) is 0 Å². The summed E-state index contributed by atoms with van der Waals surface area (Å²) in [6.45, 7) is 11.3. The Morgan fingerprint density at radius 2 is 1.83 bits per heavy atom. The summed E-state index contributed by atoms with van der Waals surface area (Å²) in [5, 5.41) is 1.73. The SMILES string of the molecule is Cc1ccc(-c2nc(N(CCC(=O)N3CCN(C)CC3)Cc3ccccc3)sc2CC(C)C)cc1Cl. The predicted molar refractivity (Wildman–Crippen MR) is 152 cm³/mol. The summed E-state index contributed by atoms with van der Waals surface area (Å²) in [6.07, 6.45) is 1.44. The van der Waals surface area contributed by atoms with E-state index in [-0.39, 0.29) is 5.91 Å². The molecule has 3 aromatic rings. The highest BCUT2D eigenvalue weighted by Gasteiger charge is 2.23. The first-order valence-corrected chi connectivity index (χ1v) is 14.0. The summed E-state index contributed by atoms with van der Waals surface area (Å²) in [6, 6.07) is 16.6. The van der Waals surface area contributed by atoms with Gasteiger partial charge in [0.05, 0.1) is 5.69 Å². The van der Waals surface area contributed by atoms with Crippen LogP contribution in [0.4, 0.5) is 5.13 Å². The van der Waals surface area contributed by atoms with E-state index in [1.807, 2.05) is 24.0 Å². The topological polar surface area (TPSA) is 39.7 Å². The second kappa shape index (κ2) is 12.2. The van der Waals surface area contributed by atoms with Gasteiger partial charge in [0.1, 0.15) is 0 Å². The average molecular weight is 525 g/mol. The Balaban J connectivity index is 1.61. The molecule has 36 heavy (non-hydrogen) atoms. The van der Waals surface area contributed by atoms with Crippen molar-refractivity contribution < 1.29 is 4.79 Å². The lowest BCUT2D eigenvalue weighted by Crippen LogP contribution is -2.47. The van der Waals surface area contributed by atoms with Gasteiger partial charge in [0.2, 0.25) is 5.91 Å². The molecule has 1 aromatic heterocycles. The normalized spacial score (nSPS) is 14.4. The second-order valence-corrected chi connectivity index (χ2v) is 11.6. The maximum absolute atomic E-state index is 13.1. The predicted octanol–water partition coefficient (Wildman–Crippen LogP) is 6.14. The zero-order valence-electron chi connectivity index (χ0n) is 21.8. The Hall–Kier alpha value is -2.41. The van der Waals surface area contributed by atoms with Gasteiger partial charge in [0.15, 0.2) is 5.13 Å². The van der Waals surface area contributed by atoms with E-state index in [4.69, 9.17) is 16.6 Å². The van der Waals surface area contributed by atoms with Crippen LogP contribution in [0.25, 0.3) is 11.3 Å². The first-order valence-electron chi connectivity index (χ1n) is 12.8. The molecule has 1 amide bonds. The minimum absolute atomic E-state index is 0.227. The van der Waals surface area contributed by atoms with Gasteiger partial charge in [-0.15, -0.1) is 11.3 Å². The van der Waals surface area contributed by atoms with Gasteiger partial charge in [-0.25, -0.2) is 4.98 Å². The summed E-state index contributed by atoms with van der Waals surface area (Å²) in [4.78, 5) is 26.0. The summed E-state index contributed by atoms with van der Waals surface area (Å²) < 4.78 is 0. The molecule has 0 aliphatic carbocycles. The lowest BCUT2D eigenvalue weighted by atomic mass is 10.0. The number of rotatable bonds is 9. The zero-order chi connectivity index (χ0) is 25.7. The van der Waals surface area contributed by atoms with Crippen LogP contribution < -0.4 is 4.90 Å². The molecule has 1 aliphatic rings. The lowest BCUT2D eigenvalue weighted by Gasteiger charge is -2.33. The summed E-state index contributed by atoms with van der Waals surface area (Å²) in [7, 11) is 2.11. The van der Waals surface area contributed by atoms with Gasteiger partial charge < -0.3 is 14.7 Å². The van der Waals surface area contributed by atoms with Gasteiger partial charge in [-0.1, -0.05) is 67.9 Å². The molecule has 0 N–H and O–H groups in total. The van der Waals surface area contributed by atoms with Gasteiger partial charge >= 0.3 is 0 Å². The third-order valence-corrected chi connectivity index (χ3v) is 8.21. The number of piperazine rings is 1. The summed E-state index contributed by atoms with van der Waals surface area (Å²) in [5.74, 6) is 0.741. The number of benzene rings is 2. The van der Waals surface area contributed by atoms with Crippen molar-refractivity contribution in [2.24, 2.45) is 5.92 Å².